The first-order chi connectivity index (χ1) is 16.5. The molecule has 1 aliphatic rings. The van der Waals surface area contributed by atoms with Crippen molar-refractivity contribution in [3.05, 3.63) is 82.7 Å². The summed E-state index contributed by atoms with van der Waals surface area (Å²) in [6.07, 6.45) is 2.25. The van der Waals surface area contributed by atoms with Gasteiger partial charge in [-0.3, -0.25) is 9.59 Å². The van der Waals surface area contributed by atoms with Gasteiger partial charge in [0.1, 0.15) is 5.76 Å². The van der Waals surface area contributed by atoms with Crippen molar-refractivity contribution < 1.29 is 14.1 Å². The Morgan fingerprint density at radius 2 is 1.97 bits per heavy atom. The molecule has 178 valence electrons. The van der Waals surface area contributed by atoms with E-state index in [2.05, 4.69) is 39.3 Å². The van der Waals surface area contributed by atoms with Crippen LogP contribution in [0.2, 0.25) is 0 Å². The van der Waals surface area contributed by atoms with E-state index in [1.165, 1.54) is 5.56 Å². The number of piperidine rings is 1. The van der Waals surface area contributed by atoms with E-state index in [0.717, 1.165) is 30.5 Å². The molecule has 8 nitrogen and oxygen atoms in total. The summed E-state index contributed by atoms with van der Waals surface area (Å²) in [6, 6.07) is 17.9. The minimum Gasteiger partial charge on any atom is -0.369 e. The van der Waals surface area contributed by atoms with Crippen molar-refractivity contribution in [2.75, 3.05) is 18.4 Å². The molecule has 1 saturated heterocycles. The summed E-state index contributed by atoms with van der Waals surface area (Å²) in [5.41, 5.74) is 9.75. The van der Waals surface area contributed by atoms with Crippen LogP contribution in [-0.2, 0) is 17.8 Å². The predicted octanol–water partition coefficient (Wildman–Crippen LogP) is 3.09. The molecule has 2 amide bonds. The number of hydrogen-bond acceptors (Lipinski definition) is 6. The van der Waals surface area contributed by atoms with Crippen LogP contribution < -0.4 is 21.7 Å². The van der Waals surface area contributed by atoms with E-state index in [0.29, 0.717) is 31.0 Å². The van der Waals surface area contributed by atoms with Crippen molar-refractivity contribution in [2.45, 2.75) is 38.8 Å². The molecule has 4 rings (SSSR count). The molecule has 34 heavy (non-hydrogen) atoms. The molecule has 2 heterocycles. The average Bonchev–Trinajstić information content (AvgIpc) is 3.29. The normalized spacial score (nSPS) is 17.9. The van der Waals surface area contributed by atoms with E-state index in [4.69, 9.17) is 10.3 Å². The van der Waals surface area contributed by atoms with Gasteiger partial charge in [-0.2, -0.15) is 0 Å². The van der Waals surface area contributed by atoms with Crippen LogP contribution in [0.5, 0.6) is 0 Å². The molecule has 1 fully saturated rings. The van der Waals surface area contributed by atoms with Crippen LogP contribution in [0.4, 0.5) is 5.69 Å². The van der Waals surface area contributed by atoms with E-state index < -0.39 is 0 Å². The zero-order valence-corrected chi connectivity index (χ0v) is 19.3. The highest BCUT2D eigenvalue weighted by molar-refractivity contribution is 6.03. The van der Waals surface area contributed by atoms with Crippen LogP contribution in [0, 0.1) is 12.8 Å². The molecule has 1 aliphatic heterocycles. The number of anilines is 1. The van der Waals surface area contributed by atoms with E-state index >= 15 is 0 Å². The highest BCUT2D eigenvalue weighted by atomic mass is 16.5. The number of nitrogens with one attached hydrogen (secondary N) is 3. The Kier molecular flexibility index (Phi) is 7.72. The number of primary amides is 1. The Bertz CT molecular complexity index is 1130. The van der Waals surface area contributed by atoms with E-state index in [1.54, 1.807) is 13.0 Å². The number of nitrogens with two attached hydrogens (primary N) is 1. The quantitative estimate of drug-likeness (QED) is 0.363. The Morgan fingerprint density at radius 3 is 2.71 bits per heavy atom. The lowest BCUT2D eigenvalue weighted by molar-refractivity contribution is -0.122. The van der Waals surface area contributed by atoms with E-state index in [-0.39, 0.29) is 29.5 Å². The molecule has 5 N–H and O–H groups in total. The standard InChI is InChI=1S/C26H31N5O3/c1-17-13-24(31-34-17)26(33)30-23-14-19(16-28-11-9-18-5-3-2-4-6-18)7-8-21(23)22-15-20(25(27)32)10-12-29-22/h2-8,13-14,20,22,28-29H,9-12,15-16H2,1H3,(H2,27,32)(H,30,33). The molecule has 0 aliphatic carbocycles. The number of rotatable bonds is 9. The predicted molar refractivity (Wildman–Crippen MR) is 130 cm³/mol. The average molecular weight is 462 g/mol. The highest BCUT2D eigenvalue weighted by Crippen LogP contribution is 2.32. The Morgan fingerprint density at radius 1 is 1.15 bits per heavy atom. The maximum atomic E-state index is 12.8. The second-order valence-corrected chi connectivity index (χ2v) is 8.74. The fourth-order valence-corrected chi connectivity index (χ4v) is 4.31. The zero-order chi connectivity index (χ0) is 23.9. The first-order valence-electron chi connectivity index (χ1n) is 11.6. The second-order valence-electron chi connectivity index (χ2n) is 8.74. The Labute approximate surface area is 199 Å². The number of aryl methyl sites for hydroxylation is 1. The molecule has 0 radical (unpaired) electrons. The van der Waals surface area contributed by atoms with Crippen LogP contribution >= 0.6 is 0 Å². The lowest BCUT2D eigenvalue weighted by Gasteiger charge is -2.30. The van der Waals surface area contributed by atoms with Crippen LogP contribution in [0.15, 0.2) is 59.1 Å². The lowest BCUT2D eigenvalue weighted by atomic mass is 9.87. The molecule has 0 bridgehead atoms. The van der Waals surface area contributed by atoms with Gasteiger partial charge in [-0.15, -0.1) is 0 Å². The molecule has 2 atom stereocenters. The summed E-state index contributed by atoms with van der Waals surface area (Å²) in [7, 11) is 0. The molecule has 0 spiro atoms. The third kappa shape index (κ3) is 6.09. The fraction of sp³-hybridized carbons (Fsp3) is 0.346. The third-order valence-corrected chi connectivity index (χ3v) is 6.17. The molecule has 1 aromatic heterocycles. The molecule has 0 saturated carbocycles. The van der Waals surface area contributed by atoms with Crippen LogP contribution in [0.25, 0.3) is 0 Å². The van der Waals surface area contributed by atoms with Gasteiger partial charge in [-0.05, 0) is 62.0 Å². The van der Waals surface area contributed by atoms with Gasteiger partial charge in [-0.25, -0.2) is 0 Å². The van der Waals surface area contributed by atoms with Gasteiger partial charge in [0.15, 0.2) is 5.69 Å². The number of carbonyl (C=O) groups is 2. The van der Waals surface area contributed by atoms with Gasteiger partial charge in [-0.1, -0.05) is 47.6 Å². The van der Waals surface area contributed by atoms with Gasteiger partial charge in [0, 0.05) is 30.3 Å². The maximum Gasteiger partial charge on any atom is 0.277 e. The highest BCUT2D eigenvalue weighted by Gasteiger charge is 2.28. The molecular formula is C26H31N5O3. The first kappa shape index (κ1) is 23.7. The van der Waals surface area contributed by atoms with Crippen molar-refractivity contribution in [1.82, 2.24) is 15.8 Å². The summed E-state index contributed by atoms with van der Waals surface area (Å²) < 4.78 is 5.05. The lowest BCUT2D eigenvalue weighted by Crippen LogP contribution is -2.38. The number of amides is 2. The van der Waals surface area contributed by atoms with Crippen LogP contribution in [0.1, 0.15) is 51.8 Å². The number of benzene rings is 2. The number of aromatic nitrogens is 1. The summed E-state index contributed by atoms with van der Waals surface area (Å²) >= 11 is 0. The van der Waals surface area contributed by atoms with Crippen molar-refractivity contribution in [2.24, 2.45) is 11.7 Å². The number of nitrogens with zero attached hydrogens (tertiary/aromatic N) is 1. The minimum absolute atomic E-state index is 0.0827. The van der Waals surface area contributed by atoms with E-state index in [9.17, 15) is 9.59 Å². The Balaban J connectivity index is 1.49. The number of carbonyl (C=O) groups excluding carboxylic acids is 2. The minimum atomic E-state index is -0.338. The Hall–Kier alpha value is -3.49. The SMILES string of the molecule is Cc1cc(C(=O)Nc2cc(CNCCc3ccccc3)ccc2C2CC(C(N)=O)CCN2)no1. The monoisotopic (exact) mass is 461 g/mol. The van der Waals surface area contributed by atoms with Crippen molar-refractivity contribution in [3.8, 4) is 0 Å². The summed E-state index contributed by atoms with van der Waals surface area (Å²) in [6.45, 7) is 3.95. The van der Waals surface area contributed by atoms with Gasteiger partial charge >= 0.3 is 0 Å². The molecular weight excluding hydrogens is 430 g/mol. The second kappa shape index (κ2) is 11.1. The van der Waals surface area contributed by atoms with Crippen LogP contribution in [0.3, 0.4) is 0 Å². The van der Waals surface area contributed by atoms with Crippen molar-refractivity contribution in [3.63, 3.8) is 0 Å². The van der Waals surface area contributed by atoms with Crippen molar-refractivity contribution >= 4 is 17.5 Å². The molecule has 2 unspecified atom stereocenters. The largest absolute Gasteiger partial charge is 0.369 e. The maximum absolute atomic E-state index is 12.8. The summed E-state index contributed by atoms with van der Waals surface area (Å²) in [4.78, 5) is 24.6. The topological polar surface area (TPSA) is 122 Å². The summed E-state index contributed by atoms with van der Waals surface area (Å²) in [5.74, 6) is -0.240. The molecule has 8 heteroatoms. The van der Waals surface area contributed by atoms with Gasteiger partial charge < -0.3 is 26.2 Å². The fourth-order valence-electron chi connectivity index (χ4n) is 4.31. The van der Waals surface area contributed by atoms with Gasteiger partial charge in [0.2, 0.25) is 5.91 Å². The number of hydrogen-bond donors (Lipinski definition) is 4. The van der Waals surface area contributed by atoms with Crippen molar-refractivity contribution in [1.29, 1.82) is 0 Å². The van der Waals surface area contributed by atoms with Crippen LogP contribution in [-0.4, -0.2) is 30.1 Å². The third-order valence-electron chi connectivity index (χ3n) is 6.17. The molecule has 3 aromatic rings. The van der Waals surface area contributed by atoms with Gasteiger partial charge in [0.05, 0.1) is 0 Å². The molecule has 2 aromatic carbocycles. The zero-order valence-electron chi connectivity index (χ0n) is 19.3. The first-order valence-corrected chi connectivity index (χ1v) is 11.6. The van der Waals surface area contributed by atoms with Gasteiger partial charge in [0.25, 0.3) is 5.91 Å². The summed E-state index contributed by atoms with van der Waals surface area (Å²) in [5, 5.41) is 13.7. The van der Waals surface area contributed by atoms with E-state index in [1.807, 2.05) is 30.3 Å². The smallest absolute Gasteiger partial charge is 0.277 e.